The molecule has 61 heavy (non-hydrogen) atoms. The van der Waals surface area contributed by atoms with Crippen molar-refractivity contribution in [1.29, 1.82) is 0 Å². The van der Waals surface area contributed by atoms with Crippen LogP contribution in [0.3, 0.4) is 0 Å². The van der Waals surface area contributed by atoms with E-state index >= 15 is 0 Å². The van der Waals surface area contributed by atoms with Gasteiger partial charge in [-0.25, -0.2) is 0 Å². The first kappa shape index (κ1) is 36.6. The minimum atomic E-state index is -0.0451. The van der Waals surface area contributed by atoms with Crippen LogP contribution in [0.15, 0.2) is 152 Å². The molecule has 12 rings (SSSR count). The van der Waals surface area contributed by atoms with Gasteiger partial charge in [0.1, 0.15) is 0 Å². The summed E-state index contributed by atoms with van der Waals surface area (Å²) in [5.74, 6) is 1.62. The Balaban J connectivity index is 1.12. The Morgan fingerprint density at radius 1 is 0.525 bits per heavy atom. The van der Waals surface area contributed by atoms with Crippen molar-refractivity contribution in [1.82, 2.24) is 0 Å². The van der Waals surface area contributed by atoms with Gasteiger partial charge in [0.25, 0.3) is 6.71 Å². The van der Waals surface area contributed by atoms with Gasteiger partial charge in [-0.1, -0.05) is 93.6 Å². The minimum absolute atomic E-state index is 0.0394. The van der Waals surface area contributed by atoms with Gasteiger partial charge in [0, 0.05) is 65.8 Å². The summed E-state index contributed by atoms with van der Waals surface area (Å²) < 4.78 is 15.5. The van der Waals surface area contributed by atoms with Crippen molar-refractivity contribution < 1.29 is 9.47 Å². The van der Waals surface area contributed by atoms with Crippen molar-refractivity contribution in [2.45, 2.75) is 39.5 Å². The summed E-state index contributed by atoms with van der Waals surface area (Å²) in [6.45, 7) is 10.3. The summed E-state index contributed by atoms with van der Waals surface area (Å²) in [6, 6.07) is 56.9. The molecule has 2 aromatic heterocycles. The van der Waals surface area contributed by atoms with Gasteiger partial charge in [0.2, 0.25) is 0 Å². The molecule has 9 aromatic rings. The fourth-order valence-electron chi connectivity index (χ4n) is 9.65. The molecule has 5 heterocycles. The highest BCUT2D eigenvalue weighted by atomic mass is 32.1. The summed E-state index contributed by atoms with van der Waals surface area (Å²) in [4.78, 5) is 7.55. The summed E-state index contributed by atoms with van der Waals surface area (Å²) in [6.07, 6.45) is 0.850. The maximum Gasteiger partial charge on any atom is 0.252 e. The van der Waals surface area contributed by atoms with E-state index in [0.717, 1.165) is 35.0 Å². The number of rotatable bonds is 4. The van der Waals surface area contributed by atoms with Crippen LogP contribution < -0.4 is 35.7 Å². The average Bonchev–Trinajstić information content (AvgIpc) is 3.84. The van der Waals surface area contributed by atoms with E-state index in [1.165, 1.54) is 85.6 Å². The normalized spacial score (nSPS) is 14.2. The number of hydrogen-bond acceptors (Lipinski definition) is 6. The number of hydrogen-bond donors (Lipinski definition) is 0. The van der Waals surface area contributed by atoms with Gasteiger partial charge in [0.15, 0.2) is 11.5 Å². The molecule has 296 valence electrons. The van der Waals surface area contributed by atoms with Crippen molar-refractivity contribution in [2.75, 3.05) is 23.0 Å². The lowest BCUT2D eigenvalue weighted by molar-refractivity contribution is 0.297. The number of benzene rings is 7. The van der Waals surface area contributed by atoms with Gasteiger partial charge in [-0.05, 0) is 135 Å². The molecule has 0 saturated heterocycles. The van der Waals surface area contributed by atoms with Gasteiger partial charge >= 0.3 is 0 Å². The second-order valence-electron chi connectivity index (χ2n) is 17.6. The first-order valence-electron chi connectivity index (χ1n) is 21.3. The summed E-state index contributed by atoms with van der Waals surface area (Å²) >= 11 is 3.72. The standard InChI is InChI=1S/C54H43BN2O2S2/c1-33-25-45-53-46(26-33)57(40-14-9-13-34(27-40)51-29-35-11-5-7-15-49(35)60-51)43-28-37(52-30-36-12-6-8-16-50(36)61-52)17-22-41(43)55(53)42-31-47-48(59-24-10-23-58-47)32-44(42)56(45)39-20-18-38(19-21-39)54(2,3)4/h5-9,11-22,25-32H,10,23-24H2,1-4H3. The summed E-state index contributed by atoms with van der Waals surface area (Å²) in [5.41, 5.74) is 15.7. The number of anilines is 6. The molecule has 0 N–H and O–H groups in total. The van der Waals surface area contributed by atoms with Crippen molar-refractivity contribution >= 4 is 100 Å². The molecule has 3 aliphatic heterocycles. The number of nitrogens with zero attached hydrogens (tertiary/aromatic N) is 2. The molecule has 0 amide bonds. The molecule has 0 bridgehead atoms. The molecular formula is C54H43BN2O2S2. The third-order valence-electron chi connectivity index (χ3n) is 12.6. The van der Waals surface area contributed by atoms with Gasteiger partial charge in [-0.3, -0.25) is 0 Å². The maximum atomic E-state index is 6.47. The van der Waals surface area contributed by atoms with Crippen LogP contribution in [0.4, 0.5) is 34.1 Å². The smallest absolute Gasteiger partial charge is 0.252 e. The lowest BCUT2D eigenvalue weighted by Crippen LogP contribution is -2.61. The molecule has 0 fully saturated rings. The Bertz CT molecular complexity index is 3150. The summed E-state index contributed by atoms with van der Waals surface area (Å²) in [7, 11) is 0. The number of fused-ring (bicyclic) bond motifs is 7. The zero-order valence-corrected chi connectivity index (χ0v) is 36.3. The highest BCUT2D eigenvalue weighted by molar-refractivity contribution is 7.22. The highest BCUT2D eigenvalue weighted by Crippen LogP contribution is 2.48. The van der Waals surface area contributed by atoms with E-state index in [-0.39, 0.29) is 12.1 Å². The van der Waals surface area contributed by atoms with E-state index in [2.05, 4.69) is 189 Å². The van der Waals surface area contributed by atoms with Gasteiger partial charge in [-0.2, -0.15) is 0 Å². The first-order valence-corrected chi connectivity index (χ1v) is 22.9. The van der Waals surface area contributed by atoms with Crippen molar-refractivity contribution in [3.05, 3.63) is 163 Å². The Labute approximate surface area is 365 Å². The predicted octanol–water partition coefficient (Wildman–Crippen LogP) is 13.3. The number of aryl methyl sites for hydroxylation is 1. The van der Waals surface area contributed by atoms with Crippen LogP contribution >= 0.6 is 22.7 Å². The van der Waals surface area contributed by atoms with Gasteiger partial charge in [-0.15, -0.1) is 22.7 Å². The highest BCUT2D eigenvalue weighted by Gasteiger charge is 2.44. The van der Waals surface area contributed by atoms with Crippen molar-refractivity contribution in [2.24, 2.45) is 0 Å². The Kier molecular flexibility index (Phi) is 8.32. The molecule has 0 spiro atoms. The fourth-order valence-corrected chi connectivity index (χ4v) is 11.8. The number of thiophene rings is 2. The van der Waals surface area contributed by atoms with Crippen molar-refractivity contribution in [3.63, 3.8) is 0 Å². The summed E-state index contributed by atoms with van der Waals surface area (Å²) in [5, 5.41) is 2.56. The zero-order valence-electron chi connectivity index (χ0n) is 34.7. The SMILES string of the molecule is Cc1cc2c3c(c1)N(c1ccc(C(C)(C)C)cc1)c1cc4c(cc1B3c1ccc(-c3cc5ccccc5s3)cc1N2c1cccc(-c2cc3ccccc3s2)c1)OCCCO4. The van der Waals surface area contributed by atoms with Gasteiger partial charge < -0.3 is 19.3 Å². The quantitative estimate of drug-likeness (QED) is 0.165. The third-order valence-corrected chi connectivity index (χ3v) is 14.9. The van der Waals surface area contributed by atoms with Crippen LogP contribution in [0.2, 0.25) is 0 Å². The Morgan fingerprint density at radius 3 is 1.79 bits per heavy atom. The second kappa shape index (κ2) is 13.9. The van der Waals surface area contributed by atoms with E-state index in [0.29, 0.717) is 13.2 Å². The maximum absolute atomic E-state index is 6.47. The monoisotopic (exact) mass is 826 g/mol. The molecule has 7 aromatic carbocycles. The predicted molar refractivity (Wildman–Crippen MR) is 261 cm³/mol. The van der Waals surface area contributed by atoms with Crippen LogP contribution in [-0.4, -0.2) is 19.9 Å². The molecule has 0 atom stereocenters. The molecule has 7 heteroatoms. The molecule has 3 aliphatic rings. The van der Waals surface area contributed by atoms with E-state index in [1.807, 2.05) is 22.7 Å². The first-order chi connectivity index (χ1) is 29.7. The number of ether oxygens (including phenoxy) is 2. The zero-order chi connectivity index (χ0) is 41.0. The van der Waals surface area contributed by atoms with Gasteiger partial charge in [0.05, 0.1) is 13.2 Å². The Hall–Kier alpha value is -6.28. The second-order valence-corrected chi connectivity index (χ2v) is 19.8. The van der Waals surface area contributed by atoms with Crippen LogP contribution in [0.25, 0.3) is 41.1 Å². The van der Waals surface area contributed by atoms with E-state index < -0.39 is 0 Å². The fraction of sp³-hybridized carbons (Fsp3) is 0.148. The molecule has 0 saturated carbocycles. The third kappa shape index (κ3) is 6.00. The van der Waals surface area contributed by atoms with E-state index in [4.69, 9.17) is 9.47 Å². The average molecular weight is 827 g/mol. The molecule has 0 aliphatic carbocycles. The molecular weight excluding hydrogens is 784 g/mol. The van der Waals surface area contributed by atoms with Crippen molar-refractivity contribution in [3.8, 4) is 32.4 Å². The lowest BCUT2D eigenvalue weighted by atomic mass is 9.33. The van der Waals surface area contributed by atoms with Crippen LogP contribution in [-0.2, 0) is 5.41 Å². The molecule has 0 radical (unpaired) electrons. The lowest BCUT2D eigenvalue weighted by Gasteiger charge is -2.44. The molecule has 0 unspecified atom stereocenters. The largest absolute Gasteiger partial charge is 0.490 e. The van der Waals surface area contributed by atoms with E-state index in [1.54, 1.807) is 0 Å². The van der Waals surface area contributed by atoms with E-state index in [9.17, 15) is 0 Å². The topological polar surface area (TPSA) is 24.9 Å². The van der Waals surface area contributed by atoms with Crippen LogP contribution in [0, 0.1) is 6.92 Å². The Morgan fingerprint density at radius 2 is 1.13 bits per heavy atom. The van der Waals surface area contributed by atoms with Crippen LogP contribution in [0.1, 0.15) is 38.3 Å². The minimum Gasteiger partial charge on any atom is -0.490 e. The van der Waals surface area contributed by atoms with Crippen LogP contribution in [0.5, 0.6) is 11.5 Å². The molecule has 4 nitrogen and oxygen atoms in total.